The minimum atomic E-state index is 0.401. The molecule has 1 saturated carbocycles. The van der Waals surface area contributed by atoms with Gasteiger partial charge in [0.05, 0.1) is 0 Å². The van der Waals surface area contributed by atoms with Gasteiger partial charge in [0.15, 0.2) is 0 Å². The largest absolute Gasteiger partial charge is 0.327 e. The quantitative estimate of drug-likeness (QED) is 0.720. The second-order valence-corrected chi connectivity index (χ2v) is 5.32. The molecule has 2 heteroatoms. The third-order valence-corrected chi connectivity index (χ3v) is 3.81. The van der Waals surface area contributed by atoms with Crippen LogP contribution in [0.5, 0.6) is 0 Å². The van der Waals surface area contributed by atoms with Crippen molar-refractivity contribution in [3.05, 3.63) is 0 Å². The first-order valence-electron chi connectivity index (χ1n) is 5.33. The Balaban J connectivity index is 2.22. The smallest absolute Gasteiger partial charge is 0.0128 e. The second kappa shape index (κ2) is 3.58. The van der Waals surface area contributed by atoms with Gasteiger partial charge in [-0.15, -0.1) is 0 Å². The molecule has 0 spiro atoms. The summed E-state index contributed by atoms with van der Waals surface area (Å²) >= 11 is 0. The fourth-order valence-electron chi connectivity index (χ4n) is 1.94. The third-order valence-electron chi connectivity index (χ3n) is 3.81. The molecule has 1 aliphatic carbocycles. The molecule has 0 bridgehead atoms. The lowest BCUT2D eigenvalue weighted by atomic mass is 10.1. The molecule has 0 heterocycles. The molecule has 0 aromatic heterocycles. The van der Waals surface area contributed by atoms with Crippen LogP contribution < -0.4 is 5.73 Å². The standard InChI is InChI=1S/C11H24N2/c1-8(2)13(5)7-6-9-10(12)11(9,3)4/h8-10H,6-7,12H2,1-5H3/t9-,10-/m1/s1. The average molecular weight is 184 g/mol. The van der Waals surface area contributed by atoms with Crippen LogP contribution in [0.15, 0.2) is 0 Å². The molecular formula is C11H24N2. The summed E-state index contributed by atoms with van der Waals surface area (Å²) < 4.78 is 0. The minimum Gasteiger partial charge on any atom is -0.327 e. The number of rotatable bonds is 4. The molecule has 2 atom stereocenters. The van der Waals surface area contributed by atoms with Gasteiger partial charge in [-0.1, -0.05) is 13.8 Å². The highest BCUT2D eigenvalue weighted by Crippen LogP contribution is 2.52. The van der Waals surface area contributed by atoms with Crippen molar-refractivity contribution in [2.24, 2.45) is 17.1 Å². The summed E-state index contributed by atoms with van der Waals surface area (Å²) in [5, 5.41) is 0. The van der Waals surface area contributed by atoms with E-state index in [1.54, 1.807) is 0 Å². The van der Waals surface area contributed by atoms with Crippen LogP contribution in [0, 0.1) is 11.3 Å². The molecule has 0 amide bonds. The first-order chi connectivity index (χ1) is 5.87. The molecule has 1 rings (SSSR count). The van der Waals surface area contributed by atoms with Gasteiger partial charge in [-0.05, 0) is 45.2 Å². The maximum absolute atomic E-state index is 5.99. The number of nitrogens with zero attached hydrogens (tertiary/aromatic N) is 1. The lowest BCUT2D eigenvalue weighted by molar-refractivity contribution is 0.260. The Kier molecular flexibility index (Phi) is 3.03. The molecule has 0 aliphatic heterocycles. The monoisotopic (exact) mass is 184 g/mol. The highest BCUT2D eigenvalue weighted by Gasteiger charge is 2.54. The first kappa shape index (κ1) is 11.0. The average Bonchev–Trinajstić information content (AvgIpc) is 2.48. The van der Waals surface area contributed by atoms with Crippen LogP contribution in [0.2, 0.25) is 0 Å². The molecule has 78 valence electrons. The fourth-order valence-corrected chi connectivity index (χ4v) is 1.94. The van der Waals surface area contributed by atoms with E-state index in [0.717, 1.165) is 5.92 Å². The molecule has 0 unspecified atom stereocenters. The van der Waals surface area contributed by atoms with E-state index in [1.807, 2.05) is 0 Å². The van der Waals surface area contributed by atoms with E-state index in [-0.39, 0.29) is 0 Å². The van der Waals surface area contributed by atoms with Gasteiger partial charge in [0, 0.05) is 12.1 Å². The van der Waals surface area contributed by atoms with Crippen molar-refractivity contribution in [2.45, 2.75) is 46.2 Å². The van der Waals surface area contributed by atoms with Gasteiger partial charge in [-0.25, -0.2) is 0 Å². The maximum Gasteiger partial charge on any atom is 0.0128 e. The molecule has 2 N–H and O–H groups in total. The third kappa shape index (κ3) is 2.23. The Bertz CT molecular complexity index is 175. The van der Waals surface area contributed by atoms with Gasteiger partial charge in [-0.2, -0.15) is 0 Å². The number of hydrogen-bond donors (Lipinski definition) is 1. The lowest BCUT2D eigenvalue weighted by Crippen LogP contribution is -2.27. The summed E-state index contributed by atoms with van der Waals surface area (Å²) in [4.78, 5) is 2.39. The molecule has 1 fully saturated rings. The van der Waals surface area contributed by atoms with Crippen LogP contribution in [-0.4, -0.2) is 30.6 Å². The number of nitrogens with two attached hydrogens (primary N) is 1. The van der Waals surface area contributed by atoms with E-state index in [2.05, 4.69) is 39.6 Å². The SMILES string of the molecule is CC(C)N(C)CC[C@@H]1[C@@H](N)C1(C)C. The summed E-state index contributed by atoms with van der Waals surface area (Å²) in [6.45, 7) is 10.2. The van der Waals surface area contributed by atoms with Crippen molar-refractivity contribution in [3.63, 3.8) is 0 Å². The van der Waals surface area contributed by atoms with Crippen molar-refractivity contribution >= 4 is 0 Å². The molecule has 1 aliphatic rings. The van der Waals surface area contributed by atoms with E-state index >= 15 is 0 Å². The van der Waals surface area contributed by atoms with Crippen LogP contribution in [0.25, 0.3) is 0 Å². The number of hydrogen-bond acceptors (Lipinski definition) is 2. The zero-order valence-electron chi connectivity index (χ0n) is 9.67. The van der Waals surface area contributed by atoms with E-state index in [0.29, 0.717) is 17.5 Å². The highest BCUT2D eigenvalue weighted by molar-refractivity contribution is 5.08. The Morgan fingerprint density at radius 1 is 1.38 bits per heavy atom. The molecule has 0 aromatic carbocycles. The zero-order chi connectivity index (χ0) is 10.2. The van der Waals surface area contributed by atoms with E-state index in [1.165, 1.54) is 13.0 Å². The topological polar surface area (TPSA) is 29.3 Å². The maximum atomic E-state index is 5.99. The predicted octanol–water partition coefficient (Wildman–Crippen LogP) is 1.70. The van der Waals surface area contributed by atoms with Crippen LogP contribution in [0.3, 0.4) is 0 Å². The van der Waals surface area contributed by atoms with Crippen LogP contribution in [0.4, 0.5) is 0 Å². The van der Waals surface area contributed by atoms with Crippen molar-refractivity contribution in [2.75, 3.05) is 13.6 Å². The normalized spacial score (nSPS) is 31.4. The van der Waals surface area contributed by atoms with Crippen molar-refractivity contribution < 1.29 is 0 Å². The van der Waals surface area contributed by atoms with Gasteiger partial charge in [0.2, 0.25) is 0 Å². The minimum absolute atomic E-state index is 0.401. The molecular weight excluding hydrogens is 160 g/mol. The van der Waals surface area contributed by atoms with Crippen molar-refractivity contribution in [1.82, 2.24) is 4.90 Å². The van der Waals surface area contributed by atoms with Gasteiger partial charge in [0.25, 0.3) is 0 Å². The van der Waals surface area contributed by atoms with E-state index in [9.17, 15) is 0 Å². The summed E-state index contributed by atoms with van der Waals surface area (Å²) in [5.74, 6) is 0.744. The highest BCUT2D eigenvalue weighted by atomic mass is 15.1. The Morgan fingerprint density at radius 2 is 1.85 bits per heavy atom. The van der Waals surface area contributed by atoms with Gasteiger partial charge in [0.1, 0.15) is 0 Å². The summed E-state index contributed by atoms with van der Waals surface area (Å²) in [6.07, 6.45) is 1.25. The summed E-state index contributed by atoms with van der Waals surface area (Å²) in [6, 6.07) is 1.09. The summed E-state index contributed by atoms with van der Waals surface area (Å²) in [7, 11) is 2.19. The van der Waals surface area contributed by atoms with Crippen LogP contribution in [0.1, 0.15) is 34.1 Å². The van der Waals surface area contributed by atoms with E-state index < -0.39 is 0 Å². The van der Waals surface area contributed by atoms with Crippen LogP contribution >= 0.6 is 0 Å². The predicted molar refractivity (Wildman–Crippen MR) is 57.6 cm³/mol. The zero-order valence-corrected chi connectivity index (χ0v) is 9.67. The first-order valence-corrected chi connectivity index (χ1v) is 5.33. The van der Waals surface area contributed by atoms with Crippen molar-refractivity contribution in [3.8, 4) is 0 Å². The second-order valence-electron chi connectivity index (χ2n) is 5.32. The van der Waals surface area contributed by atoms with Gasteiger partial charge < -0.3 is 10.6 Å². The molecule has 0 saturated heterocycles. The van der Waals surface area contributed by atoms with Gasteiger partial charge in [-0.3, -0.25) is 0 Å². The van der Waals surface area contributed by atoms with Gasteiger partial charge >= 0.3 is 0 Å². The molecule has 0 radical (unpaired) electrons. The van der Waals surface area contributed by atoms with E-state index in [4.69, 9.17) is 5.73 Å². The Labute approximate surface area is 82.5 Å². The Morgan fingerprint density at radius 3 is 2.15 bits per heavy atom. The fraction of sp³-hybridized carbons (Fsp3) is 1.00. The molecule has 2 nitrogen and oxygen atoms in total. The molecule has 13 heavy (non-hydrogen) atoms. The summed E-state index contributed by atoms with van der Waals surface area (Å²) in [5.41, 5.74) is 6.39. The van der Waals surface area contributed by atoms with Crippen molar-refractivity contribution in [1.29, 1.82) is 0 Å². The van der Waals surface area contributed by atoms with Crippen LogP contribution in [-0.2, 0) is 0 Å². The molecule has 0 aromatic rings. The Hall–Kier alpha value is -0.0800. The lowest BCUT2D eigenvalue weighted by Gasteiger charge is -2.20.